The summed E-state index contributed by atoms with van der Waals surface area (Å²) in [5, 5.41) is 3.33. The largest absolute Gasteiger partial charge is 0.313 e. The SMILES string of the molecule is CNC(c1cc(Br)cc(Br)c1)C(C)C. The third-order valence-corrected chi connectivity index (χ3v) is 3.14. The Hall–Kier alpha value is 0.140. The summed E-state index contributed by atoms with van der Waals surface area (Å²) in [5.41, 5.74) is 1.31. The zero-order valence-corrected chi connectivity index (χ0v) is 11.8. The molecule has 0 spiro atoms. The van der Waals surface area contributed by atoms with Crippen molar-refractivity contribution >= 4 is 31.9 Å². The molecule has 78 valence electrons. The molecule has 0 bridgehead atoms. The zero-order chi connectivity index (χ0) is 10.7. The topological polar surface area (TPSA) is 12.0 Å². The van der Waals surface area contributed by atoms with E-state index in [4.69, 9.17) is 0 Å². The number of hydrogen-bond donors (Lipinski definition) is 1. The van der Waals surface area contributed by atoms with Crippen molar-refractivity contribution in [3.8, 4) is 0 Å². The molecule has 1 unspecified atom stereocenters. The number of rotatable bonds is 3. The predicted molar refractivity (Wildman–Crippen MR) is 68.5 cm³/mol. The Balaban J connectivity index is 3.04. The van der Waals surface area contributed by atoms with Gasteiger partial charge in [-0.15, -0.1) is 0 Å². The highest BCUT2D eigenvalue weighted by atomic mass is 79.9. The van der Waals surface area contributed by atoms with E-state index in [1.165, 1.54) is 5.56 Å². The molecule has 0 aliphatic carbocycles. The molecule has 1 nitrogen and oxygen atoms in total. The maximum absolute atomic E-state index is 3.50. The van der Waals surface area contributed by atoms with Crippen LogP contribution in [0.15, 0.2) is 27.1 Å². The van der Waals surface area contributed by atoms with E-state index in [2.05, 4.69) is 69.2 Å². The van der Waals surface area contributed by atoms with Crippen LogP contribution in [0, 0.1) is 5.92 Å². The number of nitrogens with one attached hydrogen (secondary N) is 1. The average molecular weight is 321 g/mol. The molecule has 1 N–H and O–H groups in total. The fraction of sp³-hybridized carbons (Fsp3) is 0.455. The first kappa shape index (κ1) is 12.2. The van der Waals surface area contributed by atoms with Gasteiger partial charge in [-0.05, 0) is 36.7 Å². The molecule has 14 heavy (non-hydrogen) atoms. The molecule has 1 rings (SSSR count). The minimum Gasteiger partial charge on any atom is -0.313 e. The summed E-state index contributed by atoms with van der Waals surface area (Å²) >= 11 is 7.00. The van der Waals surface area contributed by atoms with Crippen LogP contribution >= 0.6 is 31.9 Å². The molecule has 0 heterocycles. The molecule has 0 amide bonds. The molecular weight excluding hydrogens is 306 g/mol. The van der Waals surface area contributed by atoms with E-state index in [1.54, 1.807) is 0 Å². The van der Waals surface area contributed by atoms with E-state index in [0.29, 0.717) is 12.0 Å². The molecule has 0 saturated carbocycles. The van der Waals surface area contributed by atoms with Crippen molar-refractivity contribution in [1.82, 2.24) is 5.32 Å². The highest BCUT2D eigenvalue weighted by Gasteiger charge is 2.13. The van der Waals surface area contributed by atoms with E-state index in [-0.39, 0.29) is 0 Å². The van der Waals surface area contributed by atoms with Gasteiger partial charge in [0.05, 0.1) is 0 Å². The summed E-state index contributed by atoms with van der Waals surface area (Å²) in [6.07, 6.45) is 0. The van der Waals surface area contributed by atoms with E-state index < -0.39 is 0 Å². The summed E-state index contributed by atoms with van der Waals surface area (Å²) in [5.74, 6) is 0.584. The van der Waals surface area contributed by atoms with Gasteiger partial charge in [-0.3, -0.25) is 0 Å². The second-order valence-corrected chi connectivity index (χ2v) is 5.54. The van der Waals surface area contributed by atoms with Crippen molar-refractivity contribution in [2.75, 3.05) is 7.05 Å². The molecule has 0 aliphatic heterocycles. The third-order valence-electron chi connectivity index (χ3n) is 2.22. The highest BCUT2D eigenvalue weighted by molar-refractivity contribution is 9.11. The summed E-state index contributed by atoms with van der Waals surface area (Å²) in [6, 6.07) is 6.78. The van der Waals surface area contributed by atoms with Gasteiger partial charge in [0.15, 0.2) is 0 Å². The van der Waals surface area contributed by atoms with Crippen molar-refractivity contribution in [1.29, 1.82) is 0 Å². The molecule has 1 atom stereocenters. The first-order valence-electron chi connectivity index (χ1n) is 4.68. The number of hydrogen-bond acceptors (Lipinski definition) is 1. The van der Waals surface area contributed by atoms with Gasteiger partial charge in [-0.2, -0.15) is 0 Å². The Kier molecular flexibility index (Phi) is 4.61. The van der Waals surface area contributed by atoms with Gasteiger partial charge >= 0.3 is 0 Å². The maximum Gasteiger partial charge on any atom is 0.0341 e. The van der Waals surface area contributed by atoms with Gasteiger partial charge < -0.3 is 5.32 Å². The van der Waals surface area contributed by atoms with Gasteiger partial charge in [0.1, 0.15) is 0 Å². The quantitative estimate of drug-likeness (QED) is 0.883. The Morgan fingerprint density at radius 1 is 1.07 bits per heavy atom. The van der Waals surface area contributed by atoms with Crippen LogP contribution in [0.4, 0.5) is 0 Å². The Morgan fingerprint density at radius 2 is 1.57 bits per heavy atom. The van der Waals surface area contributed by atoms with Crippen molar-refractivity contribution in [2.45, 2.75) is 19.9 Å². The van der Waals surface area contributed by atoms with Crippen molar-refractivity contribution in [3.63, 3.8) is 0 Å². The van der Waals surface area contributed by atoms with Crippen LogP contribution in [0.5, 0.6) is 0 Å². The average Bonchev–Trinajstić information content (AvgIpc) is 2.02. The lowest BCUT2D eigenvalue weighted by atomic mass is 9.96. The minimum atomic E-state index is 0.406. The van der Waals surface area contributed by atoms with E-state index >= 15 is 0 Å². The molecule has 1 aromatic carbocycles. The molecule has 0 aliphatic rings. The molecule has 1 aromatic rings. The Morgan fingerprint density at radius 3 is 1.93 bits per heavy atom. The van der Waals surface area contributed by atoms with Crippen LogP contribution in [0.1, 0.15) is 25.5 Å². The summed E-state index contributed by atoms with van der Waals surface area (Å²) in [6.45, 7) is 4.44. The normalized spacial score (nSPS) is 13.3. The number of halogens is 2. The Bertz CT molecular complexity index is 290. The van der Waals surface area contributed by atoms with Crippen LogP contribution < -0.4 is 5.32 Å². The Labute approximate surface area is 103 Å². The van der Waals surface area contributed by atoms with Gasteiger partial charge in [-0.25, -0.2) is 0 Å². The lowest BCUT2D eigenvalue weighted by molar-refractivity contribution is 0.443. The molecule has 0 aromatic heterocycles. The van der Waals surface area contributed by atoms with Crippen LogP contribution in [-0.4, -0.2) is 7.05 Å². The minimum absolute atomic E-state index is 0.406. The maximum atomic E-state index is 3.50. The standard InChI is InChI=1S/C11H15Br2N/c1-7(2)11(14-3)8-4-9(12)6-10(13)5-8/h4-7,11,14H,1-3H3. The van der Waals surface area contributed by atoms with Crippen LogP contribution in [-0.2, 0) is 0 Å². The molecule has 3 heteroatoms. The van der Waals surface area contributed by atoms with Gasteiger partial charge in [-0.1, -0.05) is 45.7 Å². The highest BCUT2D eigenvalue weighted by Crippen LogP contribution is 2.27. The zero-order valence-electron chi connectivity index (χ0n) is 8.64. The third kappa shape index (κ3) is 3.07. The van der Waals surface area contributed by atoms with Crippen LogP contribution in [0.25, 0.3) is 0 Å². The van der Waals surface area contributed by atoms with Crippen LogP contribution in [0.3, 0.4) is 0 Å². The van der Waals surface area contributed by atoms with Gasteiger partial charge in [0.25, 0.3) is 0 Å². The smallest absolute Gasteiger partial charge is 0.0341 e. The lowest BCUT2D eigenvalue weighted by Gasteiger charge is -2.21. The second kappa shape index (κ2) is 5.29. The summed E-state index contributed by atoms with van der Waals surface area (Å²) < 4.78 is 2.23. The van der Waals surface area contributed by atoms with Crippen molar-refractivity contribution in [3.05, 3.63) is 32.7 Å². The molecule has 0 radical (unpaired) electrons. The van der Waals surface area contributed by atoms with Crippen LogP contribution in [0.2, 0.25) is 0 Å². The summed E-state index contributed by atoms with van der Waals surface area (Å²) in [4.78, 5) is 0. The molecular formula is C11H15Br2N. The predicted octanol–water partition coefficient (Wildman–Crippen LogP) is 4.13. The van der Waals surface area contributed by atoms with Crippen molar-refractivity contribution < 1.29 is 0 Å². The fourth-order valence-electron chi connectivity index (χ4n) is 1.64. The molecule has 0 saturated heterocycles. The summed E-state index contributed by atoms with van der Waals surface area (Å²) in [7, 11) is 2.00. The monoisotopic (exact) mass is 319 g/mol. The lowest BCUT2D eigenvalue weighted by Crippen LogP contribution is -2.21. The number of benzene rings is 1. The van der Waals surface area contributed by atoms with E-state index in [9.17, 15) is 0 Å². The van der Waals surface area contributed by atoms with E-state index in [0.717, 1.165) is 8.95 Å². The van der Waals surface area contributed by atoms with Gasteiger partial charge in [0, 0.05) is 15.0 Å². The second-order valence-electron chi connectivity index (χ2n) is 3.71. The molecule has 0 fully saturated rings. The first-order valence-corrected chi connectivity index (χ1v) is 6.26. The first-order chi connectivity index (χ1) is 6.54. The fourth-order valence-corrected chi connectivity index (χ4v) is 2.97. The van der Waals surface area contributed by atoms with E-state index in [1.807, 2.05) is 7.05 Å². The van der Waals surface area contributed by atoms with Crippen molar-refractivity contribution in [2.24, 2.45) is 5.92 Å². The van der Waals surface area contributed by atoms with Gasteiger partial charge in [0.2, 0.25) is 0 Å².